The van der Waals surface area contributed by atoms with Gasteiger partial charge in [-0.05, 0) is 36.1 Å². The number of carbonyl (C=O) groups is 1. The largest absolute Gasteiger partial charge is 0.507 e. The van der Waals surface area contributed by atoms with E-state index in [0.29, 0.717) is 5.56 Å². The van der Waals surface area contributed by atoms with Gasteiger partial charge in [0, 0.05) is 14.1 Å². The average molecular weight is 269 g/mol. The molecule has 0 aliphatic heterocycles. The van der Waals surface area contributed by atoms with E-state index in [9.17, 15) is 9.90 Å². The van der Waals surface area contributed by atoms with Gasteiger partial charge in [-0.3, -0.25) is 4.79 Å². The minimum atomic E-state index is -0.177. The summed E-state index contributed by atoms with van der Waals surface area (Å²) in [4.78, 5) is 13.4. The Morgan fingerprint density at radius 1 is 1.00 bits per heavy atom. The number of rotatable bonds is 4. The second-order valence-electron chi connectivity index (χ2n) is 5.04. The summed E-state index contributed by atoms with van der Waals surface area (Å²) in [6, 6.07) is 15.5. The van der Waals surface area contributed by atoms with Gasteiger partial charge in [0.1, 0.15) is 5.75 Å². The van der Waals surface area contributed by atoms with E-state index in [4.69, 9.17) is 0 Å². The molecular formula is C17H19NO2. The van der Waals surface area contributed by atoms with Crippen LogP contribution >= 0.6 is 0 Å². The van der Waals surface area contributed by atoms with Crippen molar-refractivity contribution in [3.8, 4) is 5.75 Å². The van der Waals surface area contributed by atoms with Gasteiger partial charge < -0.3 is 10.0 Å². The summed E-state index contributed by atoms with van der Waals surface area (Å²) in [5.41, 5.74) is 2.68. The molecule has 2 aromatic carbocycles. The average Bonchev–Trinajstić information content (AvgIpc) is 2.46. The van der Waals surface area contributed by atoms with E-state index in [1.54, 1.807) is 26.2 Å². The summed E-state index contributed by atoms with van der Waals surface area (Å²) in [5.74, 6) is -0.142. The summed E-state index contributed by atoms with van der Waals surface area (Å²) in [6.07, 6.45) is 1.76. The van der Waals surface area contributed by atoms with Crippen molar-refractivity contribution in [1.82, 2.24) is 4.90 Å². The summed E-state index contributed by atoms with van der Waals surface area (Å²) < 4.78 is 0. The zero-order valence-electron chi connectivity index (χ0n) is 11.8. The molecule has 0 bridgehead atoms. The number of amides is 1. The summed E-state index contributed by atoms with van der Waals surface area (Å²) in [5, 5.41) is 9.79. The summed E-state index contributed by atoms with van der Waals surface area (Å²) >= 11 is 0. The van der Waals surface area contributed by atoms with Crippen LogP contribution in [0.15, 0.2) is 48.5 Å². The number of phenols is 1. The second-order valence-corrected chi connectivity index (χ2v) is 5.04. The number of carbonyl (C=O) groups excluding carboxylic acids is 1. The molecule has 20 heavy (non-hydrogen) atoms. The predicted octanol–water partition coefficient (Wildman–Crippen LogP) is 2.88. The van der Waals surface area contributed by atoms with E-state index in [1.807, 2.05) is 24.3 Å². The fraction of sp³-hybridized carbons (Fsp3) is 0.235. The Labute approximate surface area is 119 Å². The van der Waals surface area contributed by atoms with Crippen LogP contribution in [0.5, 0.6) is 5.75 Å². The highest BCUT2D eigenvalue weighted by molar-refractivity contribution is 5.96. The van der Waals surface area contributed by atoms with Crippen LogP contribution in [0, 0.1) is 0 Å². The van der Waals surface area contributed by atoms with Crippen LogP contribution in [0.4, 0.5) is 0 Å². The smallest absolute Gasteiger partial charge is 0.257 e. The molecule has 0 heterocycles. The Kier molecular flexibility index (Phi) is 4.41. The molecule has 1 N–H and O–H groups in total. The van der Waals surface area contributed by atoms with E-state index >= 15 is 0 Å². The lowest BCUT2D eigenvalue weighted by molar-refractivity contribution is 0.0824. The van der Waals surface area contributed by atoms with Crippen molar-refractivity contribution in [2.45, 2.75) is 12.8 Å². The zero-order chi connectivity index (χ0) is 14.5. The van der Waals surface area contributed by atoms with Gasteiger partial charge in [0.2, 0.25) is 0 Å². The van der Waals surface area contributed by atoms with Gasteiger partial charge in [0.25, 0.3) is 5.91 Å². The van der Waals surface area contributed by atoms with Crippen molar-refractivity contribution in [3.63, 3.8) is 0 Å². The van der Waals surface area contributed by atoms with Gasteiger partial charge in [0.05, 0.1) is 5.56 Å². The first-order chi connectivity index (χ1) is 9.58. The van der Waals surface area contributed by atoms with Crippen molar-refractivity contribution in [2.24, 2.45) is 0 Å². The first-order valence-corrected chi connectivity index (χ1v) is 6.65. The molecule has 1 amide bonds. The Hall–Kier alpha value is -2.29. The SMILES string of the molecule is CN(C)C(=O)c1cc(CCc2ccccc2)ccc1O. The molecule has 0 radical (unpaired) electrons. The lowest BCUT2D eigenvalue weighted by atomic mass is 10.0. The van der Waals surface area contributed by atoms with Gasteiger partial charge in [-0.15, -0.1) is 0 Å². The maximum atomic E-state index is 12.0. The zero-order valence-corrected chi connectivity index (χ0v) is 11.8. The first-order valence-electron chi connectivity index (χ1n) is 6.65. The van der Waals surface area contributed by atoms with Crippen molar-refractivity contribution in [1.29, 1.82) is 0 Å². The number of benzene rings is 2. The molecule has 0 saturated carbocycles. The molecule has 0 fully saturated rings. The van der Waals surface area contributed by atoms with E-state index in [0.717, 1.165) is 18.4 Å². The molecule has 2 aromatic rings. The van der Waals surface area contributed by atoms with Crippen LogP contribution in [0.3, 0.4) is 0 Å². The van der Waals surface area contributed by atoms with Gasteiger partial charge in [-0.25, -0.2) is 0 Å². The van der Waals surface area contributed by atoms with Gasteiger partial charge in [0.15, 0.2) is 0 Å². The third kappa shape index (κ3) is 3.38. The fourth-order valence-corrected chi connectivity index (χ4v) is 2.08. The summed E-state index contributed by atoms with van der Waals surface area (Å²) in [6.45, 7) is 0. The second kappa shape index (κ2) is 6.24. The number of hydrogen-bond acceptors (Lipinski definition) is 2. The molecule has 2 rings (SSSR count). The molecule has 104 valence electrons. The van der Waals surface area contributed by atoms with Crippen molar-refractivity contribution >= 4 is 5.91 Å². The fourth-order valence-electron chi connectivity index (χ4n) is 2.08. The number of aromatic hydroxyl groups is 1. The standard InChI is InChI=1S/C17H19NO2/c1-18(2)17(20)15-12-14(10-11-16(15)19)9-8-13-6-4-3-5-7-13/h3-7,10-12,19H,8-9H2,1-2H3. The molecule has 0 aliphatic rings. The highest BCUT2D eigenvalue weighted by Gasteiger charge is 2.13. The maximum absolute atomic E-state index is 12.0. The van der Waals surface area contributed by atoms with Crippen LogP contribution < -0.4 is 0 Å². The third-order valence-corrected chi connectivity index (χ3v) is 3.24. The van der Waals surface area contributed by atoms with Crippen LogP contribution in [-0.4, -0.2) is 30.0 Å². The molecular weight excluding hydrogens is 250 g/mol. The highest BCUT2D eigenvalue weighted by Crippen LogP contribution is 2.20. The quantitative estimate of drug-likeness (QED) is 0.927. The highest BCUT2D eigenvalue weighted by atomic mass is 16.3. The molecule has 3 heteroatoms. The lowest BCUT2D eigenvalue weighted by Gasteiger charge is -2.12. The molecule has 0 saturated heterocycles. The van der Waals surface area contributed by atoms with E-state index in [-0.39, 0.29) is 11.7 Å². The Morgan fingerprint density at radius 2 is 1.65 bits per heavy atom. The van der Waals surface area contributed by atoms with Gasteiger partial charge in [-0.2, -0.15) is 0 Å². The van der Waals surface area contributed by atoms with Crippen molar-refractivity contribution in [3.05, 3.63) is 65.2 Å². The number of phenolic OH excluding ortho intramolecular Hbond substituents is 1. The van der Waals surface area contributed by atoms with Crippen molar-refractivity contribution < 1.29 is 9.90 Å². The van der Waals surface area contributed by atoms with E-state index in [1.165, 1.54) is 10.5 Å². The monoisotopic (exact) mass is 269 g/mol. The third-order valence-electron chi connectivity index (χ3n) is 3.24. The Morgan fingerprint density at radius 3 is 2.30 bits per heavy atom. The van der Waals surface area contributed by atoms with Gasteiger partial charge in [-0.1, -0.05) is 36.4 Å². The van der Waals surface area contributed by atoms with Gasteiger partial charge >= 0.3 is 0 Å². The van der Waals surface area contributed by atoms with Crippen molar-refractivity contribution in [2.75, 3.05) is 14.1 Å². The number of aryl methyl sites for hydroxylation is 2. The molecule has 0 aliphatic carbocycles. The van der Waals surface area contributed by atoms with Crippen LogP contribution in [0.1, 0.15) is 21.5 Å². The topological polar surface area (TPSA) is 40.5 Å². The Balaban J connectivity index is 2.13. The lowest BCUT2D eigenvalue weighted by Crippen LogP contribution is -2.21. The van der Waals surface area contributed by atoms with Crippen LogP contribution in [-0.2, 0) is 12.8 Å². The maximum Gasteiger partial charge on any atom is 0.257 e. The molecule has 0 atom stereocenters. The minimum absolute atomic E-state index is 0.0344. The normalized spacial score (nSPS) is 10.3. The predicted molar refractivity (Wildman–Crippen MR) is 80.0 cm³/mol. The van der Waals surface area contributed by atoms with Crippen LogP contribution in [0.25, 0.3) is 0 Å². The van der Waals surface area contributed by atoms with E-state index < -0.39 is 0 Å². The number of hydrogen-bond donors (Lipinski definition) is 1. The Bertz CT molecular complexity index is 591. The first kappa shape index (κ1) is 14.1. The van der Waals surface area contributed by atoms with E-state index in [2.05, 4.69) is 12.1 Å². The number of nitrogens with zero attached hydrogens (tertiary/aromatic N) is 1. The minimum Gasteiger partial charge on any atom is -0.507 e. The molecule has 0 spiro atoms. The van der Waals surface area contributed by atoms with Crippen LogP contribution in [0.2, 0.25) is 0 Å². The molecule has 0 unspecified atom stereocenters. The molecule has 0 aromatic heterocycles. The summed E-state index contributed by atoms with van der Waals surface area (Å²) in [7, 11) is 3.36. The molecule has 3 nitrogen and oxygen atoms in total.